The summed E-state index contributed by atoms with van der Waals surface area (Å²) in [6.07, 6.45) is 4.51. The van der Waals surface area contributed by atoms with Crippen LogP contribution in [0, 0.1) is 0 Å². The summed E-state index contributed by atoms with van der Waals surface area (Å²) in [6.45, 7) is 8.09. The Morgan fingerprint density at radius 2 is 1.58 bits per heavy atom. The first kappa shape index (κ1) is 24.0. The lowest BCUT2D eigenvalue weighted by atomic mass is 9.89. The number of carbonyl (C=O) groups excluding carboxylic acids is 2. The second-order valence-corrected chi connectivity index (χ2v) is 10.2. The van der Waals surface area contributed by atoms with Gasteiger partial charge in [-0.15, -0.1) is 0 Å². The number of ketones is 1. The van der Waals surface area contributed by atoms with Crippen LogP contribution in [0.3, 0.4) is 0 Å². The largest absolute Gasteiger partial charge is 0.343 e. The van der Waals surface area contributed by atoms with Crippen LogP contribution in [0.1, 0.15) is 72.5 Å². The Hall–Kier alpha value is -2.17. The van der Waals surface area contributed by atoms with Gasteiger partial charge in [-0.25, -0.2) is 0 Å². The summed E-state index contributed by atoms with van der Waals surface area (Å²) in [5.41, 5.74) is 4.69. The molecule has 0 aliphatic carbocycles. The first-order valence-corrected chi connectivity index (χ1v) is 12.7. The minimum absolute atomic E-state index is 0.0761. The van der Waals surface area contributed by atoms with Crippen molar-refractivity contribution in [3.8, 4) is 0 Å². The topological polar surface area (TPSA) is 40.6 Å². The van der Waals surface area contributed by atoms with E-state index in [0.29, 0.717) is 18.4 Å². The molecule has 2 aliphatic heterocycles. The number of hydrogen-bond donors (Lipinski definition) is 0. The van der Waals surface area contributed by atoms with E-state index < -0.39 is 0 Å². The van der Waals surface area contributed by atoms with Gasteiger partial charge in [-0.3, -0.25) is 9.59 Å². The Labute approximate surface area is 202 Å². The van der Waals surface area contributed by atoms with E-state index in [1.54, 1.807) is 0 Å². The maximum Gasteiger partial charge on any atom is 0.223 e. The predicted octanol–water partition coefficient (Wildman–Crippen LogP) is 5.52. The molecule has 0 aromatic heterocycles. The highest BCUT2D eigenvalue weighted by Crippen LogP contribution is 2.29. The van der Waals surface area contributed by atoms with Crippen LogP contribution in [0.15, 0.2) is 42.5 Å². The fraction of sp³-hybridized carbons (Fsp3) is 0.500. The lowest BCUT2D eigenvalue weighted by molar-refractivity contribution is -0.132. The van der Waals surface area contributed by atoms with E-state index >= 15 is 0 Å². The standard InChI is InChI=1S/C28H35ClN2O2/c1-20(2)30-15-11-22-3-4-25(19-24(22)14-16-30)27(32)9-10-28(33)31-17-12-23(13-18-31)21-5-7-26(29)8-6-21/h3-8,19-20,23H,9-18H2,1-2H3. The highest BCUT2D eigenvalue weighted by atomic mass is 35.5. The van der Waals surface area contributed by atoms with Gasteiger partial charge in [-0.05, 0) is 80.3 Å². The van der Waals surface area contributed by atoms with Crippen molar-refractivity contribution in [1.29, 1.82) is 0 Å². The third-order valence-electron chi connectivity index (χ3n) is 7.35. The number of halogens is 1. The Balaban J connectivity index is 1.27. The fourth-order valence-corrected chi connectivity index (χ4v) is 5.28. The molecule has 1 amide bonds. The molecule has 0 unspecified atom stereocenters. The van der Waals surface area contributed by atoms with Crippen molar-refractivity contribution >= 4 is 23.3 Å². The van der Waals surface area contributed by atoms with Crippen LogP contribution in [0.2, 0.25) is 5.02 Å². The molecule has 4 nitrogen and oxygen atoms in total. The molecule has 2 heterocycles. The molecule has 0 spiro atoms. The van der Waals surface area contributed by atoms with Crippen LogP contribution in [0.25, 0.3) is 0 Å². The maximum absolute atomic E-state index is 12.8. The molecule has 1 fully saturated rings. The first-order valence-electron chi connectivity index (χ1n) is 12.3. The Morgan fingerprint density at radius 1 is 0.909 bits per heavy atom. The molecular weight excluding hydrogens is 432 g/mol. The third-order valence-corrected chi connectivity index (χ3v) is 7.60. The monoisotopic (exact) mass is 466 g/mol. The van der Waals surface area contributed by atoms with E-state index in [0.717, 1.165) is 62.4 Å². The number of piperidine rings is 1. The van der Waals surface area contributed by atoms with Crippen molar-refractivity contribution in [1.82, 2.24) is 9.80 Å². The molecule has 0 N–H and O–H groups in total. The van der Waals surface area contributed by atoms with E-state index in [1.165, 1.54) is 16.7 Å². The smallest absolute Gasteiger partial charge is 0.223 e. The van der Waals surface area contributed by atoms with Gasteiger partial charge in [0.1, 0.15) is 0 Å². The van der Waals surface area contributed by atoms with Gasteiger partial charge in [0.25, 0.3) is 0 Å². The highest BCUT2D eigenvalue weighted by Gasteiger charge is 2.24. The van der Waals surface area contributed by atoms with Crippen LogP contribution in [-0.4, -0.2) is 53.7 Å². The van der Waals surface area contributed by atoms with Crippen molar-refractivity contribution in [2.24, 2.45) is 0 Å². The van der Waals surface area contributed by atoms with Crippen LogP contribution in [0.5, 0.6) is 0 Å². The molecule has 2 aliphatic rings. The van der Waals surface area contributed by atoms with Gasteiger partial charge < -0.3 is 9.80 Å². The molecule has 0 bridgehead atoms. The lowest BCUT2D eigenvalue weighted by Crippen LogP contribution is -2.38. The predicted molar refractivity (Wildman–Crippen MR) is 134 cm³/mol. The maximum atomic E-state index is 12.8. The number of rotatable bonds is 6. The van der Waals surface area contributed by atoms with E-state index in [9.17, 15) is 9.59 Å². The van der Waals surface area contributed by atoms with Crippen molar-refractivity contribution in [2.45, 2.75) is 64.3 Å². The molecule has 0 atom stereocenters. The number of amides is 1. The van der Waals surface area contributed by atoms with Crippen molar-refractivity contribution < 1.29 is 9.59 Å². The molecule has 5 heteroatoms. The minimum atomic E-state index is 0.0761. The minimum Gasteiger partial charge on any atom is -0.343 e. The van der Waals surface area contributed by atoms with Gasteiger partial charge in [0.05, 0.1) is 0 Å². The highest BCUT2D eigenvalue weighted by molar-refractivity contribution is 6.30. The summed E-state index contributed by atoms with van der Waals surface area (Å²) >= 11 is 6.00. The second-order valence-electron chi connectivity index (χ2n) is 9.74. The van der Waals surface area contributed by atoms with Crippen molar-refractivity contribution in [2.75, 3.05) is 26.2 Å². The third kappa shape index (κ3) is 6.04. The van der Waals surface area contributed by atoms with Crippen LogP contribution in [-0.2, 0) is 17.6 Å². The number of nitrogens with zero attached hydrogens (tertiary/aromatic N) is 2. The average molecular weight is 467 g/mol. The summed E-state index contributed by atoms with van der Waals surface area (Å²) in [5, 5.41) is 0.753. The molecule has 0 radical (unpaired) electrons. The molecule has 2 aromatic rings. The quantitative estimate of drug-likeness (QED) is 0.526. The van der Waals surface area contributed by atoms with Gasteiger partial charge in [-0.1, -0.05) is 35.9 Å². The van der Waals surface area contributed by atoms with Crippen LogP contribution < -0.4 is 0 Å². The van der Waals surface area contributed by atoms with Crippen molar-refractivity contribution in [3.05, 3.63) is 69.7 Å². The van der Waals surface area contributed by atoms with Crippen LogP contribution in [0.4, 0.5) is 0 Å². The number of hydrogen-bond acceptors (Lipinski definition) is 3. The molecule has 2 aromatic carbocycles. The zero-order valence-corrected chi connectivity index (χ0v) is 20.6. The Morgan fingerprint density at radius 3 is 2.24 bits per heavy atom. The number of carbonyl (C=O) groups is 2. The average Bonchev–Trinajstić information content (AvgIpc) is 3.05. The first-order chi connectivity index (χ1) is 15.9. The van der Waals surface area contributed by atoms with Gasteiger partial charge in [0.15, 0.2) is 5.78 Å². The van der Waals surface area contributed by atoms with Gasteiger partial charge in [0.2, 0.25) is 5.91 Å². The Bertz CT molecular complexity index is 978. The van der Waals surface area contributed by atoms with Gasteiger partial charge >= 0.3 is 0 Å². The number of Topliss-reactive ketones (excluding diaryl/α,β-unsaturated/α-hetero) is 1. The number of likely N-dealkylation sites (tertiary alicyclic amines) is 1. The van der Waals surface area contributed by atoms with E-state index in [2.05, 4.69) is 43.0 Å². The summed E-state index contributed by atoms with van der Waals surface area (Å²) < 4.78 is 0. The summed E-state index contributed by atoms with van der Waals surface area (Å²) in [4.78, 5) is 30.0. The molecule has 176 valence electrons. The molecular formula is C28H35ClN2O2. The zero-order chi connectivity index (χ0) is 23.4. The van der Waals surface area contributed by atoms with Gasteiger partial charge in [0, 0.05) is 55.6 Å². The normalized spacial score (nSPS) is 17.6. The molecule has 33 heavy (non-hydrogen) atoms. The van der Waals surface area contributed by atoms with Crippen LogP contribution >= 0.6 is 11.6 Å². The molecule has 4 rings (SSSR count). The summed E-state index contributed by atoms with van der Waals surface area (Å²) in [5.74, 6) is 0.645. The fourth-order valence-electron chi connectivity index (χ4n) is 5.15. The number of fused-ring (bicyclic) bond motifs is 1. The molecule has 0 saturated carbocycles. The SMILES string of the molecule is CC(C)N1CCc2ccc(C(=O)CCC(=O)N3CCC(c4ccc(Cl)cc4)CC3)cc2CC1. The second kappa shape index (κ2) is 10.8. The number of benzene rings is 2. The Kier molecular flexibility index (Phi) is 7.87. The summed E-state index contributed by atoms with van der Waals surface area (Å²) in [7, 11) is 0. The van der Waals surface area contributed by atoms with E-state index in [-0.39, 0.29) is 18.1 Å². The van der Waals surface area contributed by atoms with Crippen molar-refractivity contribution in [3.63, 3.8) is 0 Å². The summed E-state index contributed by atoms with van der Waals surface area (Å²) in [6, 6.07) is 14.7. The molecule has 1 saturated heterocycles. The van der Waals surface area contributed by atoms with E-state index in [1.807, 2.05) is 23.1 Å². The van der Waals surface area contributed by atoms with E-state index in [4.69, 9.17) is 11.6 Å². The van der Waals surface area contributed by atoms with Gasteiger partial charge in [-0.2, -0.15) is 0 Å². The lowest BCUT2D eigenvalue weighted by Gasteiger charge is -2.32. The zero-order valence-electron chi connectivity index (χ0n) is 19.9.